The van der Waals surface area contributed by atoms with Crippen LogP contribution in [-0.2, 0) is 4.79 Å². The lowest BCUT2D eigenvalue weighted by Gasteiger charge is -2.18. The Morgan fingerprint density at radius 3 is 2.10 bits per heavy atom. The van der Waals surface area contributed by atoms with Gasteiger partial charge in [0.15, 0.2) is 5.78 Å². The van der Waals surface area contributed by atoms with Crippen LogP contribution in [0.1, 0.15) is 34.7 Å². The van der Waals surface area contributed by atoms with E-state index in [1.807, 2.05) is 60.7 Å². The molecule has 0 heterocycles. The summed E-state index contributed by atoms with van der Waals surface area (Å²) >= 11 is 0. The molecule has 20 heavy (non-hydrogen) atoms. The van der Waals surface area contributed by atoms with Crippen molar-refractivity contribution in [2.45, 2.75) is 18.8 Å². The van der Waals surface area contributed by atoms with Gasteiger partial charge in [-0.05, 0) is 5.56 Å². The zero-order chi connectivity index (χ0) is 13.9. The van der Waals surface area contributed by atoms with Crippen LogP contribution in [0, 0.1) is 5.92 Å². The van der Waals surface area contributed by atoms with E-state index in [1.165, 1.54) is 0 Å². The quantitative estimate of drug-likeness (QED) is 0.793. The molecule has 0 aliphatic heterocycles. The minimum absolute atomic E-state index is 0.0245. The molecular weight excluding hydrogens is 248 g/mol. The normalized spacial score (nSPS) is 21.9. The van der Waals surface area contributed by atoms with Gasteiger partial charge in [0.2, 0.25) is 0 Å². The van der Waals surface area contributed by atoms with Gasteiger partial charge in [0.25, 0.3) is 0 Å². The van der Waals surface area contributed by atoms with Gasteiger partial charge in [0.1, 0.15) is 5.78 Å². The fraction of sp³-hybridized carbons (Fsp3) is 0.222. The Kier molecular flexibility index (Phi) is 3.46. The van der Waals surface area contributed by atoms with E-state index in [-0.39, 0.29) is 23.4 Å². The number of rotatable bonds is 3. The lowest BCUT2D eigenvalue weighted by molar-refractivity contribution is -0.117. The highest BCUT2D eigenvalue weighted by molar-refractivity contribution is 6.02. The fourth-order valence-corrected chi connectivity index (χ4v) is 3.00. The van der Waals surface area contributed by atoms with E-state index in [1.54, 1.807) is 0 Å². The van der Waals surface area contributed by atoms with Gasteiger partial charge in [-0.25, -0.2) is 0 Å². The van der Waals surface area contributed by atoms with Gasteiger partial charge in [-0.2, -0.15) is 0 Å². The molecule has 2 aromatic carbocycles. The SMILES string of the molecule is O=C1CC(C(=O)c2ccccc2)C(c2ccccc2)C1. The zero-order valence-electron chi connectivity index (χ0n) is 11.2. The third kappa shape index (κ3) is 2.42. The Hall–Kier alpha value is -2.22. The topological polar surface area (TPSA) is 34.1 Å². The molecule has 0 saturated heterocycles. The average molecular weight is 264 g/mol. The molecule has 0 radical (unpaired) electrons. The van der Waals surface area contributed by atoms with E-state index < -0.39 is 0 Å². The summed E-state index contributed by atoms with van der Waals surface area (Å²) in [5.74, 6) is 0.0853. The highest BCUT2D eigenvalue weighted by atomic mass is 16.1. The van der Waals surface area contributed by atoms with Crippen LogP contribution in [0.4, 0.5) is 0 Å². The summed E-state index contributed by atoms with van der Waals surface area (Å²) in [4.78, 5) is 24.4. The number of Topliss-reactive ketones (excluding diaryl/α,β-unsaturated/α-hetero) is 2. The van der Waals surface area contributed by atoms with Crippen molar-refractivity contribution < 1.29 is 9.59 Å². The van der Waals surface area contributed by atoms with Gasteiger partial charge in [-0.1, -0.05) is 60.7 Å². The number of hydrogen-bond donors (Lipinski definition) is 0. The molecule has 1 aliphatic rings. The Labute approximate surface area is 118 Å². The maximum absolute atomic E-state index is 12.6. The highest BCUT2D eigenvalue weighted by Gasteiger charge is 2.38. The van der Waals surface area contributed by atoms with E-state index in [0.717, 1.165) is 5.56 Å². The molecule has 1 saturated carbocycles. The van der Waals surface area contributed by atoms with Crippen molar-refractivity contribution in [3.63, 3.8) is 0 Å². The fourth-order valence-electron chi connectivity index (χ4n) is 3.00. The molecule has 1 aliphatic carbocycles. The molecule has 0 spiro atoms. The van der Waals surface area contributed by atoms with Crippen molar-refractivity contribution in [3.05, 3.63) is 71.8 Å². The van der Waals surface area contributed by atoms with Crippen LogP contribution in [0.5, 0.6) is 0 Å². The monoisotopic (exact) mass is 264 g/mol. The Balaban J connectivity index is 1.91. The lowest BCUT2D eigenvalue weighted by atomic mass is 9.84. The van der Waals surface area contributed by atoms with Crippen LogP contribution < -0.4 is 0 Å². The summed E-state index contributed by atoms with van der Waals surface area (Å²) in [6, 6.07) is 19.2. The lowest BCUT2D eigenvalue weighted by Crippen LogP contribution is -2.18. The first kappa shape index (κ1) is 12.8. The minimum atomic E-state index is -0.215. The van der Waals surface area contributed by atoms with E-state index in [2.05, 4.69) is 0 Å². The Bertz CT molecular complexity index is 616. The van der Waals surface area contributed by atoms with Crippen LogP contribution in [0.25, 0.3) is 0 Å². The molecule has 100 valence electrons. The number of benzene rings is 2. The average Bonchev–Trinajstić information content (AvgIpc) is 2.90. The molecule has 1 fully saturated rings. The van der Waals surface area contributed by atoms with Gasteiger partial charge < -0.3 is 0 Å². The molecular formula is C18H16O2. The second-order valence-electron chi connectivity index (χ2n) is 5.30. The maximum atomic E-state index is 12.6. The number of carbonyl (C=O) groups excluding carboxylic acids is 2. The van der Waals surface area contributed by atoms with Gasteiger partial charge >= 0.3 is 0 Å². The Morgan fingerprint density at radius 2 is 1.45 bits per heavy atom. The molecule has 0 bridgehead atoms. The first-order valence-corrected chi connectivity index (χ1v) is 6.91. The van der Waals surface area contributed by atoms with Gasteiger partial charge in [-0.15, -0.1) is 0 Å². The summed E-state index contributed by atoms with van der Waals surface area (Å²) < 4.78 is 0. The Morgan fingerprint density at radius 1 is 0.850 bits per heavy atom. The summed E-state index contributed by atoms with van der Waals surface area (Å²) in [5, 5.41) is 0. The van der Waals surface area contributed by atoms with Crippen molar-refractivity contribution in [3.8, 4) is 0 Å². The van der Waals surface area contributed by atoms with Crippen molar-refractivity contribution in [1.29, 1.82) is 0 Å². The van der Waals surface area contributed by atoms with Crippen LogP contribution >= 0.6 is 0 Å². The summed E-state index contributed by atoms with van der Waals surface area (Å²) in [5.41, 5.74) is 1.79. The van der Waals surface area contributed by atoms with Crippen molar-refractivity contribution in [2.24, 2.45) is 5.92 Å². The van der Waals surface area contributed by atoms with Gasteiger partial charge in [0.05, 0.1) is 0 Å². The molecule has 2 unspecified atom stereocenters. The standard InChI is InChI=1S/C18H16O2/c19-15-11-16(13-7-3-1-4-8-13)17(12-15)18(20)14-9-5-2-6-10-14/h1-10,16-17H,11-12H2. The molecule has 0 aromatic heterocycles. The van der Waals surface area contributed by atoms with Crippen LogP contribution in [0.3, 0.4) is 0 Å². The molecule has 0 amide bonds. The number of hydrogen-bond acceptors (Lipinski definition) is 2. The van der Waals surface area contributed by atoms with Gasteiger partial charge in [0, 0.05) is 30.2 Å². The molecule has 2 heteroatoms. The predicted molar refractivity (Wildman–Crippen MR) is 77.7 cm³/mol. The van der Waals surface area contributed by atoms with E-state index in [0.29, 0.717) is 18.4 Å². The van der Waals surface area contributed by atoms with E-state index in [9.17, 15) is 9.59 Å². The summed E-state index contributed by atoms with van der Waals surface area (Å²) in [6.07, 6.45) is 0.848. The number of carbonyl (C=O) groups is 2. The summed E-state index contributed by atoms with van der Waals surface area (Å²) in [6.45, 7) is 0. The number of ketones is 2. The van der Waals surface area contributed by atoms with Crippen LogP contribution in [0.2, 0.25) is 0 Å². The maximum Gasteiger partial charge on any atom is 0.167 e. The van der Waals surface area contributed by atoms with E-state index in [4.69, 9.17) is 0 Å². The van der Waals surface area contributed by atoms with Crippen LogP contribution in [-0.4, -0.2) is 11.6 Å². The second kappa shape index (κ2) is 5.41. The van der Waals surface area contributed by atoms with Crippen molar-refractivity contribution in [1.82, 2.24) is 0 Å². The molecule has 3 rings (SSSR count). The summed E-state index contributed by atoms with van der Waals surface area (Å²) in [7, 11) is 0. The predicted octanol–water partition coefficient (Wildman–Crippen LogP) is 3.63. The van der Waals surface area contributed by atoms with E-state index >= 15 is 0 Å². The van der Waals surface area contributed by atoms with Gasteiger partial charge in [-0.3, -0.25) is 9.59 Å². The zero-order valence-corrected chi connectivity index (χ0v) is 11.2. The third-order valence-electron chi connectivity index (χ3n) is 4.00. The van der Waals surface area contributed by atoms with Crippen LogP contribution in [0.15, 0.2) is 60.7 Å². The molecule has 2 aromatic rings. The first-order chi connectivity index (χ1) is 9.75. The smallest absolute Gasteiger partial charge is 0.167 e. The third-order valence-corrected chi connectivity index (χ3v) is 4.00. The molecule has 2 nitrogen and oxygen atoms in total. The second-order valence-corrected chi connectivity index (χ2v) is 5.30. The molecule has 2 atom stereocenters. The largest absolute Gasteiger partial charge is 0.300 e. The minimum Gasteiger partial charge on any atom is -0.300 e. The van der Waals surface area contributed by atoms with Crippen molar-refractivity contribution >= 4 is 11.6 Å². The first-order valence-electron chi connectivity index (χ1n) is 6.91. The highest BCUT2D eigenvalue weighted by Crippen LogP contribution is 2.39. The molecule has 0 N–H and O–H groups in total. The van der Waals surface area contributed by atoms with Crippen molar-refractivity contribution in [2.75, 3.05) is 0 Å².